The first kappa shape index (κ1) is 30.7. The summed E-state index contributed by atoms with van der Waals surface area (Å²) in [6.45, 7) is 5.12. The zero-order valence-electron chi connectivity index (χ0n) is 25.0. The van der Waals surface area contributed by atoms with Crippen molar-refractivity contribution in [2.75, 3.05) is 38.0 Å². The van der Waals surface area contributed by atoms with Crippen molar-refractivity contribution in [2.45, 2.75) is 62.8 Å². The van der Waals surface area contributed by atoms with Crippen molar-refractivity contribution in [1.29, 1.82) is 0 Å². The average Bonchev–Trinajstić information content (AvgIpc) is 3.31. The third kappa shape index (κ3) is 7.43. The molecule has 0 unspecified atom stereocenters. The monoisotopic (exact) mass is 603 g/mol. The van der Waals surface area contributed by atoms with Gasteiger partial charge >= 0.3 is 0 Å². The number of piperazine rings is 1. The number of aromatic nitrogens is 1. The highest BCUT2D eigenvalue weighted by molar-refractivity contribution is 7.92. The molecule has 2 fully saturated rings. The van der Waals surface area contributed by atoms with E-state index < -0.39 is 10.0 Å². The predicted molar refractivity (Wildman–Crippen MR) is 170 cm³/mol. The molecule has 0 spiro atoms. The van der Waals surface area contributed by atoms with Crippen molar-refractivity contribution in [2.24, 2.45) is 4.99 Å². The number of aliphatic imine (C=N–C) groups is 1. The zero-order valence-corrected chi connectivity index (χ0v) is 25.9. The lowest BCUT2D eigenvalue weighted by molar-refractivity contribution is 0.0626. The molecule has 2 heterocycles. The summed E-state index contributed by atoms with van der Waals surface area (Å²) in [5.41, 5.74) is 3.33. The number of sulfonamides is 1. The van der Waals surface area contributed by atoms with E-state index in [9.17, 15) is 13.2 Å². The highest BCUT2D eigenvalue weighted by Gasteiger charge is 2.26. The van der Waals surface area contributed by atoms with Gasteiger partial charge in [0.15, 0.2) is 0 Å². The van der Waals surface area contributed by atoms with E-state index in [1.54, 1.807) is 56.8 Å². The topological polar surface area (TPSA) is 104 Å². The standard InChI is InChI=1S/C33H41N5O4S/c1-3-34-32-28(25-10-6-4-5-7-11-25)12-8-14-31(32)43(40,41)36-27-17-15-26(16-18-27)33(39)38-22-20-37(21-23-38)24-29-30(42-2)13-9-19-35-29/h3,8-9,12-19,25,36H,4-7,10-11,20-24H2,1-2H3/b34-3-. The van der Waals surface area contributed by atoms with Crippen LogP contribution in [-0.4, -0.2) is 68.6 Å². The van der Waals surface area contributed by atoms with E-state index >= 15 is 0 Å². The zero-order chi connectivity index (χ0) is 30.2. The van der Waals surface area contributed by atoms with E-state index in [-0.39, 0.29) is 10.8 Å². The number of nitrogens with one attached hydrogen (secondary N) is 1. The Bertz CT molecular complexity index is 1530. The minimum atomic E-state index is -3.91. The molecule has 0 radical (unpaired) electrons. The number of hydrogen-bond donors (Lipinski definition) is 1. The maximum Gasteiger partial charge on any atom is 0.264 e. The number of carbonyl (C=O) groups is 1. The van der Waals surface area contributed by atoms with E-state index in [4.69, 9.17) is 4.74 Å². The molecule has 3 aromatic rings. The van der Waals surface area contributed by atoms with Crippen molar-refractivity contribution in [1.82, 2.24) is 14.8 Å². The normalized spacial score (nSPS) is 17.1. The first-order chi connectivity index (χ1) is 20.9. The Kier molecular flexibility index (Phi) is 10.1. The summed E-state index contributed by atoms with van der Waals surface area (Å²) in [5.74, 6) is 1.000. The lowest BCUT2D eigenvalue weighted by atomic mass is 9.90. The second-order valence-corrected chi connectivity index (χ2v) is 12.8. The number of methoxy groups -OCH3 is 1. The molecule has 5 rings (SSSR count). The number of anilines is 1. The molecule has 228 valence electrons. The largest absolute Gasteiger partial charge is 0.495 e. The second-order valence-electron chi connectivity index (χ2n) is 11.2. The molecule has 1 N–H and O–H groups in total. The van der Waals surface area contributed by atoms with E-state index in [2.05, 4.69) is 19.6 Å². The summed E-state index contributed by atoms with van der Waals surface area (Å²) >= 11 is 0. The van der Waals surface area contributed by atoms with Crippen LogP contribution in [0, 0.1) is 0 Å². The Labute approximate surface area is 255 Å². The van der Waals surface area contributed by atoms with Gasteiger partial charge in [0.05, 0.1) is 18.5 Å². The van der Waals surface area contributed by atoms with Gasteiger partial charge in [-0.05, 0) is 73.7 Å². The molecule has 9 nitrogen and oxygen atoms in total. The van der Waals surface area contributed by atoms with E-state index in [0.29, 0.717) is 42.5 Å². The summed E-state index contributed by atoms with van der Waals surface area (Å²) in [6, 6.07) is 15.9. The van der Waals surface area contributed by atoms with E-state index in [1.807, 2.05) is 29.2 Å². The van der Waals surface area contributed by atoms with Crippen molar-refractivity contribution < 1.29 is 17.9 Å². The lowest BCUT2D eigenvalue weighted by Gasteiger charge is -2.34. The fraction of sp³-hybridized carbons (Fsp3) is 0.424. The van der Waals surface area contributed by atoms with Gasteiger partial charge < -0.3 is 9.64 Å². The van der Waals surface area contributed by atoms with Crippen LogP contribution in [0.1, 0.15) is 73.0 Å². The third-order valence-corrected chi connectivity index (χ3v) is 9.77. The molecular formula is C33H41N5O4S. The molecule has 1 aliphatic heterocycles. The number of rotatable bonds is 9. The Morgan fingerprint density at radius 2 is 1.72 bits per heavy atom. The van der Waals surface area contributed by atoms with Crippen LogP contribution in [-0.2, 0) is 16.6 Å². The fourth-order valence-corrected chi connectivity index (χ4v) is 7.30. The number of benzene rings is 2. The molecule has 2 aliphatic rings. The van der Waals surface area contributed by atoms with Gasteiger partial charge in [0.1, 0.15) is 10.6 Å². The fourth-order valence-electron chi connectivity index (χ4n) is 6.07. The van der Waals surface area contributed by atoms with Gasteiger partial charge in [-0.2, -0.15) is 0 Å². The molecular weight excluding hydrogens is 562 g/mol. The minimum Gasteiger partial charge on any atom is -0.495 e. The third-order valence-electron chi connectivity index (χ3n) is 8.36. The number of ether oxygens (including phenoxy) is 1. The summed E-state index contributed by atoms with van der Waals surface area (Å²) in [4.78, 5) is 26.5. The first-order valence-corrected chi connectivity index (χ1v) is 16.6. The van der Waals surface area contributed by atoms with Crippen molar-refractivity contribution >= 4 is 33.5 Å². The maximum absolute atomic E-state index is 13.6. The maximum atomic E-state index is 13.6. The van der Waals surface area contributed by atoms with Crippen molar-refractivity contribution in [3.05, 3.63) is 77.6 Å². The molecule has 0 atom stereocenters. The van der Waals surface area contributed by atoms with Gasteiger partial charge in [0.2, 0.25) is 0 Å². The van der Waals surface area contributed by atoms with Gasteiger partial charge in [-0.3, -0.25) is 24.4 Å². The Balaban J connectivity index is 1.24. The molecule has 43 heavy (non-hydrogen) atoms. The van der Waals surface area contributed by atoms with Crippen molar-refractivity contribution in [3.8, 4) is 5.75 Å². The first-order valence-electron chi connectivity index (χ1n) is 15.1. The Hall–Kier alpha value is -3.76. The van der Waals surface area contributed by atoms with Crippen molar-refractivity contribution in [3.63, 3.8) is 0 Å². The van der Waals surface area contributed by atoms with E-state index in [0.717, 1.165) is 55.8 Å². The summed E-state index contributed by atoms with van der Waals surface area (Å²) in [5, 5.41) is 0. The molecule has 1 amide bonds. The number of nitrogens with zero attached hydrogens (tertiary/aromatic N) is 4. The van der Waals surface area contributed by atoms with Crippen LogP contribution in [0.3, 0.4) is 0 Å². The number of hydrogen-bond acceptors (Lipinski definition) is 7. The molecule has 10 heteroatoms. The van der Waals surface area contributed by atoms with Gasteiger partial charge in [0, 0.05) is 56.4 Å². The van der Waals surface area contributed by atoms with Crippen LogP contribution < -0.4 is 9.46 Å². The summed E-state index contributed by atoms with van der Waals surface area (Å²) in [6.07, 6.45) is 10.3. The van der Waals surface area contributed by atoms with Crippen LogP contribution in [0.2, 0.25) is 0 Å². The van der Waals surface area contributed by atoms with E-state index in [1.165, 1.54) is 12.8 Å². The van der Waals surface area contributed by atoms with Crippen LogP contribution in [0.25, 0.3) is 0 Å². The van der Waals surface area contributed by atoms with Crippen LogP contribution in [0.5, 0.6) is 5.75 Å². The number of pyridine rings is 1. The molecule has 0 bridgehead atoms. The predicted octanol–water partition coefficient (Wildman–Crippen LogP) is 6.01. The van der Waals surface area contributed by atoms with Gasteiger partial charge in [-0.15, -0.1) is 0 Å². The van der Waals surface area contributed by atoms with Gasteiger partial charge in [-0.1, -0.05) is 37.8 Å². The number of para-hydroxylation sites is 1. The quantitative estimate of drug-likeness (QED) is 0.237. The Morgan fingerprint density at radius 1 is 1.00 bits per heavy atom. The van der Waals surface area contributed by atoms with Gasteiger partial charge in [0.25, 0.3) is 15.9 Å². The SMILES string of the molecule is C/C=N\c1c(C2CCCCCC2)cccc1S(=O)(=O)Nc1ccc(C(=O)N2CCN(Cc3ncccc3OC)CC2)cc1. The minimum absolute atomic E-state index is 0.0693. The van der Waals surface area contributed by atoms with Crippen LogP contribution in [0.4, 0.5) is 11.4 Å². The van der Waals surface area contributed by atoms with Gasteiger partial charge in [-0.25, -0.2) is 8.42 Å². The summed E-state index contributed by atoms with van der Waals surface area (Å²) in [7, 11) is -2.26. The number of amides is 1. The molecule has 1 saturated heterocycles. The lowest BCUT2D eigenvalue weighted by Crippen LogP contribution is -2.48. The molecule has 1 aromatic heterocycles. The number of carbonyl (C=O) groups excluding carboxylic acids is 1. The molecule has 2 aromatic carbocycles. The Morgan fingerprint density at radius 3 is 2.40 bits per heavy atom. The highest BCUT2D eigenvalue weighted by Crippen LogP contribution is 2.40. The molecule has 1 saturated carbocycles. The smallest absolute Gasteiger partial charge is 0.264 e. The second kappa shape index (κ2) is 14.1. The molecule has 1 aliphatic carbocycles. The van der Waals surface area contributed by atoms with Crippen LogP contribution in [0.15, 0.2) is 70.7 Å². The highest BCUT2D eigenvalue weighted by atomic mass is 32.2. The summed E-state index contributed by atoms with van der Waals surface area (Å²) < 4.78 is 35.3. The van der Waals surface area contributed by atoms with Crippen LogP contribution >= 0.6 is 0 Å². The average molecular weight is 604 g/mol.